The zero-order valence-corrected chi connectivity index (χ0v) is 14.8. The van der Waals surface area contributed by atoms with E-state index in [1.807, 2.05) is 0 Å². The van der Waals surface area contributed by atoms with Crippen LogP contribution in [0.1, 0.15) is 110 Å². The molecule has 0 atom stereocenters. The number of unbranched alkanes of at least 4 members (excludes halogenated alkanes) is 10. The molecule has 0 rings (SSSR count). The molecular weight excluding hydrogens is 256 g/mol. The maximum absolute atomic E-state index is 9.01. The van der Waals surface area contributed by atoms with Crippen LogP contribution in [0.15, 0.2) is 11.6 Å². The predicted octanol–water partition coefficient (Wildman–Crippen LogP) is 6.80. The normalized spacial score (nSPS) is 10.8. The van der Waals surface area contributed by atoms with Gasteiger partial charge in [0.15, 0.2) is 0 Å². The molecule has 0 saturated carbocycles. The molecule has 0 amide bonds. The molecule has 0 aliphatic rings. The maximum Gasteiger partial charge on any atom is 0.0465 e. The van der Waals surface area contributed by atoms with Gasteiger partial charge in [-0.25, -0.2) is 0 Å². The van der Waals surface area contributed by atoms with Gasteiger partial charge < -0.3 is 5.11 Å². The lowest BCUT2D eigenvalue weighted by molar-refractivity contribution is 0.302. The molecule has 0 bridgehead atoms. The highest BCUT2D eigenvalue weighted by Gasteiger charge is 1.99. The topological polar surface area (TPSA) is 20.2 Å². The van der Waals surface area contributed by atoms with Crippen LogP contribution in [0.2, 0.25) is 0 Å². The minimum Gasteiger partial charge on any atom is -0.396 e. The predicted molar refractivity (Wildman–Crippen MR) is 95.8 cm³/mol. The summed E-state index contributed by atoms with van der Waals surface area (Å²) in [5.41, 5.74) is 1.61. The lowest BCUT2D eigenvalue weighted by Crippen LogP contribution is -1.89. The summed E-state index contributed by atoms with van der Waals surface area (Å²) >= 11 is 0. The van der Waals surface area contributed by atoms with Crippen LogP contribution in [0, 0.1) is 0 Å². The molecular formula is C20H40O. The molecule has 0 aromatic rings. The van der Waals surface area contributed by atoms with E-state index in [4.69, 9.17) is 5.11 Å². The highest BCUT2D eigenvalue weighted by atomic mass is 16.2. The van der Waals surface area contributed by atoms with Crippen LogP contribution < -0.4 is 0 Å². The smallest absolute Gasteiger partial charge is 0.0465 e. The molecule has 0 fully saturated rings. The van der Waals surface area contributed by atoms with E-state index in [2.05, 4.69) is 19.9 Å². The summed E-state index contributed by atoms with van der Waals surface area (Å²) < 4.78 is 0. The third-order valence-electron chi connectivity index (χ3n) is 4.27. The van der Waals surface area contributed by atoms with Crippen molar-refractivity contribution in [3.63, 3.8) is 0 Å². The Morgan fingerprint density at radius 2 is 1.10 bits per heavy atom. The molecule has 0 aromatic carbocycles. The Bertz CT molecular complexity index is 202. The summed E-state index contributed by atoms with van der Waals surface area (Å²) in [5.74, 6) is 0. The lowest BCUT2D eigenvalue weighted by Gasteiger charge is -2.08. The van der Waals surface area contributed by atoms with E-state index in [1.54, 1.807) is 5.57 Å². The van der Waals surface area contributed by atoms with Gasteiger partial charge in [0.05, 0.1) is 0 Å². The molecule has 1 heteroatoms. The number of hydrogen-bond donors (Lipinski definition) is 1. The van der Waals surface area contributed by atoms with E-state index in [1.165, 1.54) is 89.9 Å². The van der Waals surface area contributed by atoms with Crippen molar-refractivity contribution in [3.05, 3.63) is 11.6 Å². The molecule has 0 radical (unpaired) electrons. The van der Waals surface area contributed by atoms with Crippen LogP contribution in [0.25, 0.3) is 0 Å². The molecule has 126 valence electrons. The first kappa shape index (κ1) is 20.7. The molecule has 21 heavy (non-hydrogen) atoms. The van der Waals surface area contributed by atoms with Gasteiger partial charge in [0.2, 0.25) is 0 Å². The van der Waals surface area contributed by atoms with E-state index in [9.17, 15) is 0 Å². The molecule has 1 nitrogen and oxygen atoms in total. The Hall–Kier alpha value is -0.300. The summed E-state index contributed by atoms with van der Waals surface area (Å²) in [6.07, 6.45) is 22.2. The van der Waals surface area contributed by atoms with Crippen molar-refractivity contribution >= 4 is 0 Å². The van der Waals surface area contributed by atoms with Crippen LogP contribution >= 0.6 is 0 Å². The van der Waals surface area contributed by atoms with Crippen LogP contribution in [-0.2, 0) is 0 Å². The fraction of sp³-hybridized carbons (Fsp3) is 0.900. The van der Waals surface area contributed by atoms with Gasteiger partial charge in [-0.05, 0) is 32.1 Å². The fourth-order valence-electron chi connectivity index (χ4n) is 2.86. The first-order valence-corrected chi connectivity index (χ1v) is 9.63. The largest absolute Gasteiger partial charge is 0.396 e. The summed E-state index contributed by atoms with van der Waals surface area (Å²) in [7, 11) is 0. The van der Waals surface area contributed by atoms with E-state index in [0.29, 0.717) is 6.61 Å². The molecule has 0 aliphatic heterocycles. The van der Waals surface area contributed by atoms with Crippen molar-refractivity contribution in [2.24, 2.45) is 0 Å². The van der Waals surface area contributed by atoms with E-state index in [-0.39, 0.29) is 0 Å². The average molecular weight is 297 g/mol. The van der Waals surface area contributed by atoms with Gasteiger partial charge in [0.25, 0.3) is 0 Å². The van der Waals surface area contributed by atoms with Gasteiger partial charge in [-0.2, -0.15) is 0 Å². The standard InChI is InChI=1S/C20H40O/c1-3-5-7-9-11-13-16-20(18-15-19-21)17-14-12-10-8-6-4-2/h18,21H,3-17,19H2,1-2H3. The second-order valence-electron chi connectivity index (χ2n) is 6.41. The third kappa shape index (κ3) is 15.9. The van der Waals surface area contributed by atoms with Crippen molar-refractivity contribution in [1.82, 2.24) is 0 Å². The Morgan fingerprint density at radius 1 is 0.667 bits per heavy atom. The first-order chi connectivity index (χ1) is 10.3. The molecule has 1 N–H and O–H groups in total. The van der Waals surface area contributed by atoms with E-state index in [0.717, 1.165) is 6.42 Å². The van der Waals surface area contributed by atoms with Crippen LogP contribution in [0.5, 0.6) is 0 Å². The molecule has 0 saturated heterocycles. The van der Waals surface area contributed by atoms with Crippen molar-refractivity contribution < 1.29 is 5.11 Å². The number of aliphatic hydroxyl groups is 1. The average Bonchev–Trinajstić information content (AvgIpc) is 2.50. The SMILES string of the molecule is CCCCCCCCC(=CCCO)CCCCCCCC. The Kier molecular flexibility index (Phi) is 17.5. The summed E-state index contributed by atoms with van der Waals surface area (Å²) in [6.45, 7) is 4.85. The van der Waals surface area contributed by atoms with Crippen LogP contribution in [0.3, 0.4) is 0 Å². The quantitative estimate of drug-likeness (QED) is 0.245. The van der Waals surface area contributed by atoms with Crippen molar-refractivity contribution in [3.8, 4) is 0 Å². The zero-order chi connectivity index (χ0) is 15.6. The third-order valence-corrected chi connectivity index (χ3v) is 4.27. The Labute approximate surface area is 134 Å². The van der Waals surface area contributed by atoms with Gasteiger partial charge in [-0.15, -0.1) is 0 Å². The number of rotatable bonds is 16. The number of allylic oxidation sites excluding steroid dienone is 1. The molecule has 0 aliphatic carbocycles. The zero-order valence-electron chi connectivity index (χ0n) is 14.8. The monoisotopic (exact) mass is 296 g/mol. The van der Waals surface area contributed by atoms with Crippen LogP contribution in [-0.4, -0.2) is 11.7 Å². The maximum atomic E-state index is 9.01. The van der Waals surface area contributed by atoms with Gasteiger partial charge in [0, 0.05) is 6.61 Å². The Morgan fingerprint density at radius 3 is 1.52 bits per heavy atom. The fourth-order valence-corrected chi connectivity index (χ4v) is 2.86. The first-order valence-electron chi connectivity index (χ1n) is 9.63. The minimum atomic E-state index is 0.302. The second-order valence-corrected chi connectivity index (χ2v) is 6.41. The molecule has 0 aromatic heterocycles. The van der Waals surface area contributed by atoms with Crippen molar-refractivity contribution in [1.29, 1.82) is 0 Å². The summed E-state index contributed by atoms with van der Waals surface area (Å²) in [4.78, 5) is 0. The minimum absolute atomic E-state index is 0.302. The number of aliphatic hydroxyl groups excluding tert-OH is 1. The van der Waals surface area contributed by atoms with Gasteiger partial charge in [-0.1, -0.05) is 89.7 Å². The summed E-state index contributed by atoms with van der Waals surface area (Å²) in [6, 6.07) is 0. The summed E-state index contributed by atoms with van der Waals surface area (Å²) in [5, 5.41) is 9.01. The number of hydrogen-bond acceptors (Lipinski definition) is 1. The molecule has 0 spiro atoms. The second kappa shape index (κ2) is 17.8. The van der Waals surface area contributed by atoms with Crippen LogP contribution in [0.4, 0.5) is 0 Å². The van der Waals surface area contributed by atoms with E-state index < -0.39 is 0 Å². The molecule has 0 unspecified atom stereocenters. The van der Waals surface area contributed by atoms with Crippen molar-refractivity contribution in [2.45, 2.75) is 110 Å². The van der Waals surface area contributed by atoms with Crippen molar-refractivity contribution in [2.75, 3.05) is 6.61 Å². The highest BCUT2D eigenvalue weighted by Crippen LogP contribution is 2.19. The van der Waals surface area contributed by atoms with Gasteiger partial charge >= 0.3 is 0 Å². The lowest BCUT2D eigenvalue weighted by atomic mass is 9.98. The van der Waals surface area contributed by atoms with E-state index >= 15 is 0 Å². The van der Waals surface area contributed by atoms with Gasteiger partial charge in [-0.3, -0.25) is 0 Å². The van der Waals surface area contributed by atoms with Gasteiger partial charge in [0.1, 0.15) is 0 Å². The Balaban J connectivity index is 3.67. The highest BCUT2D eigenvalue weighted by molar-refractivity contribution is 5.01. The molecule has 0 heterocycles.